The van der Waals surface area contributed by atoms with Crippen LogP contribution in [0.15, 0.2) is 12.4 Å². The zero-order chi connectivity index (χ0) is 10.6. The highest BCUT2D eigenvalue weighted by molar-refractivity contribution is 5.96. The average Bonchev–Trinajstić information content (AvgIpc) is 2.18. The first-order valence-corrected chi connectivity index (χ1v) is 3.68. The van der Waals surface area contributed by atoms with Gasteiger partial charge in [0.05, 0.1) is 0 Å². The minimum atomic E-state index is -1.25. The first-order chi connectivity index (χ1) is 6.65. The number of aromatic nitrogens is 2. The third-order valence-corrected chi connectivity index (χ3v) is 1.36. The maximum atomic E-state index is 10.9. The maximum absolute atomic E-state index is 10.9. The Kier molecular flexibility index (Phi) is 2.95. The van der Waals surface area contributed by atoms with Gasteiger partial charge in [0, 0.05) is 19.4 Å². The minimum absolute atomic E-state index is 0.0839. The topological polar surface area (TPSA) is 104 Å². The van der Waals surface area contributed by atoms with Gasteiger partial charge < -0.3 is 10.4 Å². The summed E-state index contributed by atoms with van der Waals surface area (Å²) in [5.74, 6) is -1.33. The fraction of sp³-hybridized carbons (Fsp3) is 0.143. The van der Waals surface area contributed by atoms with Crippen LogP contribution in [0.25, 0.3) is 0 Å². The second-order valence-corrected chi connectivity index (χ2v) is 2.26. The Morgan fingerprint density at radius 2 is 2.00 bits per heavy atom. The molecule has 1 aromatic heterocycles. The van der Waals surface area contributed by atoms with E-state index < -0.39 is 12.0 Å². The van der Waals surface area contributed by atoms with Crippen molar-refractivity contribution in [3.05, 3.63) is 18.1 Å². The van der Waals surface area contributed by atoms with Crippen molar-refractivity contribution in [1.82, 2.24) is 15.3 Å². The van der Waals surface area contributed by atoms with Crippen LogP contribution in [0, 0.1) is 0 Å². The molecule has 0 aliphatic carbocycles. The number of carboxylic acid groups (broad SMARTS) is 1. The first kappa shape index (κ1) is 9.90. The van der Waals surface area contributed by atoms with Gasteiger partial charge in [0.15, 0.2) is 11.5 Å². The van der Waals surface area contributed by atoms with Gasteiger partial charge in [-0.05, 0) is 0 Å². The van der Waals surface area contributed by atoms with Crippen molar-refractivity contribution < 1.29 is 14.7 Å². The second-order valence-electron chi connectivity index (χ2n) is 2.26. The minimum Gasteiger partial charge on any atom is -0.476 e. The van der Waals surface area contributed by atoms with Gasteiger partial charge in [-0.2, -0.15) is 0 Å². The Morgan fingerprint density at radius 1 is 1.36 bits per heavy atom. The summed E-state index contributed by atoms with van der Waals surface area (Å²) in [5.41, 5.74) is -0.295. The van der Waals surface area contributed by atoms with Gasteiger partial charge in [-0.15, -0.1) is 0 Å². The largest absolute Gasteiger partial charge is 0.476 e. The van der Waals surface area contributed by atoms with E-state index in [1.807, 2.05) is 0 Å². The molecule has 7 heteroatoms. The second kappa shape index (κ2) is 4.17. The highest BCUT2D eigenvalue weighted by atomic mass is 16.4. The molecular weight excluding hydrogens is 188 g/mol. The van der Waals surface area contributed by atoms with Gasteiger partial charge in [-0.3, -0.25) is 5.32 Å². The average molecular weight is 196 g/mol. The molecule has 1 heterocycles. The molecular formula is C7H8N4O3. The van der Waals surface area contributed by atoms with Crippen LogP contribution in [0.4, 0.5) is 10.6 Å². The van der Waals surface area contributed by atoms with E-state index in [9.17, 15) is 9.59 Å². The van der Waals surface area contributed by atoms with Crippen molar-refractivity contribution in [3.63, 3.8) is 0 Å². The van der Waals surface area contributed by atoms with Crippen LogP contribution in [0.3, 0.4) is 0 Å². The molecule has 7 nitrogen and oxygen atoms in total. The Hall–Kier alpha value is -2.18. The van der Waals surface area contributed by atoms with E-state index >= 15 is 0 Å². The van der Waals surface area contributed by atoms with Crippen LogP contribution < -0.4 is 10.6 Å². The van der Waals surface area contributed by atoms with Crippen LogP contribution in [0.1, 0.15) is 10.5 Å². The fourth-order valence-corrected chi connectivity index (χ4v) is 0.756. The molecule has 0 spiro atoms. The lowest BCUT2D eigenvalue weighted by molar-refractivity contribution is 0.0691. The van der Waals surface area contributed by atoms with Crippen LogP contribution in [0.2, 0.25) is 0 Å². The summed E-state index contributed by atoms with van der Waals surface area (Å²) in [6.45, 7) is 0. The summed E-state index contributed by atoms with van der Waals surface area (Å²) in [5, 5.41) is 13.2. The summed E-state index contributed by atoms with van der Waals surface area (Å²) in [6, 6.07) is -0.548. The summed E-state index contributed by atoms with van der Waals surface area (Å²) < 4.78 is 0. The van der Waals surface area contributed by atoms with Gasteiger partial charge in [-0.25, -0.2) is 19.6 Å². The number of rotatable bonds is 2. The summed E-state index contributed by atoms with van der Waals surface area (Å²) >= 11 is 0. The van der Waals surface area contributed by atoms with Crippen LogP contribution >= 0.6 is 0 Å². The summed E-state index contributed by atoms with van der Waals surface area (Å²) in [7, 11) is 1.41. The monoisotopic (exact) mass is 196 g/mol. The molecule has 0 unspecified atom stereocenters. The number of urea groups is 1. The molecule has 1 aromatic rings. The van der Waals surface area contributed by atoms with E-state index in [1.54, 1.807) is 0 Å². The molecule has 0 bridgehead atoms. The molecule has 14 heavy (non-hydrogen) atoms. The summed E-state index contributed by atoms with van der Waals surface area (Å²) in [6.07, 6.45) is 2.52. The van der Waals surface area contributed by atoms with E-state index in [0.29, 0.717) is 0 Å². The number of nitrogens with one attached hydrogen (secondary N) is 2. The van der Waals surface area contributed by atoms with Gasteiger partial charge in [0.25, 0.3) is 0 Å². The lowest BCUT2D eigenvalue weighted by Crippen LogP contribution is -2.26. The molecule has 0 fully saturated rings. The molecule has 0 aromatic carbocycles. The Balaban J connectivity index is 2.95. The Labute approximate surface area is 79.2 Å². The zero-order valence-electron chi connectivity index (χ0n) is 7.31. The van der Waals surface area contributed by atoms with E-state index in [1.165, 1.54) is 19.4 Å². The number of anilines is 1. The van der Waals surface area contributed by atoms with Crippen molar-refractivity contribution in [2.45, 2.75) is 0 Å². The number of hydrogen-bond donors (Lipinski definition) is 3. The van der Waals surface area contributed by atoms with E-state index in [0.717, 1.165) is 0 Å². The molecule has 2 amide bonds. The van der Waals surface area contributed by atoms with Crippen LogP contribution in [0.5, 0.6) is 0 Å². The van der Waals surface area contributed by atoms with Crippen molar-refractivity contribution in [2.24, 2.45) is 0 Å². The molecule has 0 aliphatic heterocycles. The predicted molar refractivity (Wildman–Crippen MR) is 47.1 cm³/mol. The quantitative estimate of drug-likeness (QED) is 0.614. The lowest BCUT2D eigenvalue weighted by Gasteiger charge is -2.04. The third-order valence-electron chi connectivity index (χ3n) is 1.36. The number of aromatic carboxylic acids is 1. The third kappa shape index (κ3) is 2.16. The van der Waals surface area contributed by atoms with Crippen LogP contribution in [-0.4, -0.2) is 34.1 Å². The highest BCUT2D eigenvalue weighted by Gasteiger charge is 2.13. The van der Waals surface area contributed by atoms with Crippen molar-refractivity contribution >= 4 is 17.8 Å². The molecule has 0 saturated heterocycles. The SMILES string of the molecule is CNC(=O)Nc1nccnc1C(=O)O. The Morgan fingerprint density at radius 3 is 2.57 bits per heavy atom. The summed E-state index contributed by atoms with van der Waals surface area (Å²) in [4.78, 5) is 28.7. The Bertz CT molecular complexity index is 366. The molecule has 0 atom stereocenters. The van der Waals surface area contributed by atoms with Gasteiger partial charge in [-0.1, -0.05) is 0 Å². The molecule has 0 saturated carbocycles. The van der Waals surface area contributed by atoms with E-state index in [4.69, 9.17) is 5.11 Å². The van der Waals surface area contributed by atoms with Gasteiger partial charge in [0.2, 0.25) is 0 Å². The van der Waals surface area contributed by atoms with Crippen molar-refractivity contribution in [2.75, 3.05) is 12.4 Å². The molecule has 1 rings (SSSR count). The number of hydrogen-bond acceptors (Lipinski definition) is 4. The fourth-order valence-electron chi connectivity index (χ4n) is 0.756. The first-order valence-electron chi connectivity index (χ1n) is 3.68. The number of amides is 2. The number of carbonyl (C=O) groups is 2. The molecule has 3 N–H and O–H groups in total. The number of carbonyl (C=O) groups excluding carboxylic acids is 1. The predicted octanol–water partition coefficient (Wildman–Crippen LogP) is -0.0739. The number of carboxylic acids is 1. The van der Waals surface area contributed by atoms with Crippen molar-refractivity contribution in [1.29, 1.82) is 0 Å². The molecule has 0 radical (unpaired) electrons. The lowest BCUT2D eigenvalue weighted by atomic mass is 10.4. The maximum Gasteiger partial charge on any atom is 0.358 e. The van der Waals surface area contributed by atoms with Gasteiger partial charge in [0.1, 0.15) is 0 Å². The van der Waals surface area contributed by atoms with Crippen LogP contribution in [-0.2, 0) is 0 Å². The van der Waals surface area contributed by atoms with E-state index in [-0.39, 0.29) is 11.5 Å². The molecule has 0 aliphatic rings. The normalized spacial score (nSPS) is 9.21. The number of nitrogens with zero attached hydrogens (tertiary/aromatic N) is 2. The van der Waals surface area contributed by atoms with Crippen molar-refractivity contribution in [3.8, 4) is 0 Å². The smallest absolute Gasteiger partial charge is 0.358 e. The standard InChI is InChI=1S/C7H8N4O3/c1-8-7(14)11-5-4(6(12)13)9-2-3-10-5/h2-3H,1H3,(H,12,13)(H2,8,10,11,14). The molecule has 74 valence electrons. The highest BCUT2D eigenvalue weighted by Crippen LogP contribution is 2.07. The van der Waals surface area contributed by atoms with Gasteiger partial charge >= 0.3 is 12.0 Å². The van der Waals surface area contributed by atoms with E-state index in [2.05, 4.69) is 20.6 Å². The zero-order valence-corrected chi connectivity index (χ0v) is 7.31.